The van der Waals surface area contributed by atoms with Crippen molar-refractivity contribution in [3.63, 3.8) is 0 Å². The van der Waals surface area contributed by atoms with Gasteiger partial charge in [-0.2, -0.15) is 5.26 Å². The molecule has 1 aliphatic heterocycles. The van der Waals surface area contributed by atoms with Crippen molar-refractivity contribution in [2.45, 2.75) is 19.7 Å². The maximum atomic E-state index is 14.1. The molecule has 31 heavy (non-hydrogen) atoms. The van der Waals surface area contributed by atoms with Gasteiger partial charge in [0, 0.05) is 24.8 Å². The molecule has 10 nitrogen and oxygen atoms in total. The van der Waals surface area contributed by atoms with Crippen LogP contribution in [0.5, 0.6) is 0 Å². The Kier molecular flexibility index (Phi) is 6.03. The number of rotatable bonds is 7. The number of amides is 3. The molecule has 2 aromatic carbocycles. The van der Waals surface area contributed by atoms with E-state index in [1.807, 2.05) is 0 Å². The number of fused-ring (bicyclic) bond motifs is 1. The molecule has 1 heterocycles. The zero-order valence-corrected chi connectivity index (χ0v) is 16.1. The number of imide groups is 1. The van der Waals surface area contributed by atoms with Crippen molar-refractivity contribution in [3.05, 3.63) is 74.6 Å². The summed E-state index contributed by atoms with van der Waals surface area (Å²) >= 11 is 0. The number of hydrogen-bond acceptors (Lipinski definition) is 7. The Morgan fingerprint density at radius 2 is 2.06 bits per heavy atom. The number of halogens is 1. The number of hydrogen-bond donors (Lipinski definition) is 1. The van der Waals surface area contributed by atoms with E-state index in [-0.39, 0.29) is 35.5 Å². The highest BCUT2D eigenvalue weighted by molar-refractivity contribution is 6.22. The number of nitro groups is 1. The largest absolute Gasteiger partial charge is 0.349 e. The number of ether oxygens (including phenoxy) is 1. The van der Waals surface area contributed by atoms with Crippen molar-refractivity contribution >= 4 is 23.4 Å². The number of nitriles is 1. The Hall–Kier alpha value is -4.17. The second-order valence-electron chi connectivity index (χ2n) is 6.38. The second-order valence-corrected chi connectivity index (χ2v) is 6.38. The fourth-order valence-electron chi connectivity index (χ4n) is 3.12. The molecule has 0 radical (unpaired) electrons. The first-order chi connectivity index (χ1) is 14.8. The number of benzene rings is 2. The summed E-state index contributed by atoms with van der Waals surface area (Å²) in [6.45, 7) is 1.15. The monoisotopic (exact) mass is 426 g/mol. The van der Waals surface area contributed by atoms with Gasteiger partial charge in [-0.15, -0.1) is 0 Å². The van der Waals surface area contributed by atoms with Crippen LogP contribution in [0.3, 0.4) is 0 Å². The molecule has 0 aliphatic carbocycles. The SMILES string of the molecule is CCOC(C(=O)NCc1ccc(C#N)cc1[N+](=O)[O-])N1C(=O)c2cccc(F)c2C1=O. The summed E-state index contributed by atoms with van der Waals surface area (Å²) in [5, 5.41) is 22.5. The van der Waals surface area contributed by atoms with Gasteiger partial charge >= 0.3 is 0 Å². The van der Waals surface area contributed by atoms with Gasteiger partial charge in [0.05, 0.1) is 27.7 Å². The number of nitrogens with one attached hydrogen (secondary N) is 1. The minimum absolute atomic E-state index is 0.0506. The van der Waals surface area contributed by atoms with E-state index in [1.54, 1.807) is 6.07 Å². The third-order valence-electron chi connectivity index (χ3n) is 4.54. The van der Waals surface area contributed by atoms with Crippen LogP contribution in [0.4, 0.5) is 10.1 Å². The summed E-state index contributed by atoms with van der Waals surface area (Å²) in [6, 6.07) is 9.06. The Bertz CT molecular complexity index is 1140. The van der Waals surface area contributed by atoms with E-state index in [0.29, 0.717) is 4.90 Å². The average molecular weight is 426 g/mol. The molecule has 0 aromatic heterocycles. The standard InChI is InChI=1S/C20H15FN4O6/c1-2-31-20(24-18(27)13-4-3-5-14(21)16(13)19(24)28)17(26)23-10-12-7-6-11(9-22)8-15(12)25(29)30/h3-8,20H,2,10H2,1H3,(H,23,26). The van der Waals surface area contributed by atoms with Crippen LogP contribution in [-0.2, 0) is 16.1 Å². The lowest BCUT2D eigenvalue weighted by molar-refractivity contribution is -0.385. The Morgan fingerprint density at radius 1 is 1.32 bits per heavy atom. The lowest BCUT2D eigenvalue weighted by atomic mass is 10.1. The Labute approximate surface area is 175 Å². The lowest BCUT2D eigenvalue weighted by Gasteiger charge is -2.24. The van der Waals surface area contributed by atoms with Gasteiger partial charge in [0.1, 0.15) is 5.82 Å². The van der Waals surface area contributed by atoms with E-state index in [1.165, 1.54) is 31.2 Å². The van der Waals surface area contributed by atoms with Gasteiger partial charge in [-0.05, 0) is 31.2 Å². The van der Waals surface area contributed by atoms with E-state index in [9.17, 15) is 28.9 Å². The molecule has 0 saturated heterocycles. The van der Waals surface area contributed by atoms with Crippen LogP contribution >= 0.6 is 0 Å². The molecule has 0 bridgehead atoms. The summed E-state index contributed by atoms with van der Waals surface area (Å²) < 4.78 is 19.3. The van der Waals surface area contributed by atoms with Gasteiger partial charge in [-0.25, -0.2) is 9.29 Å². The number of carbonyl (C=O) groups excluding carboxylic acids is 3. The van der Waals surface area contributed by atoms with Crippen LogP contribution in [0.15, 0.2) is 36.4 Å². The predicted molar refractivity (Wildman–Crippen MR) is 102 cm³/mol. The quantitative estimate of drug-likeness (QED) is 0.404. The number of nitrogens with zero attached hydrogens (tertiary/aromatic N) is 3. The summed E-state index contributed by atoms with van der Waals surface area (Å²) in [5.74, 6) is -3.73. The van der Waals surface area contributed by atoms with Crippen molar-refractivity contribution < 1.29 is 28.4 Å². The maximum absolute atomic E-state index is 14.1. The van der Waals surface area contributed by atoms with Crippen LogP contribution < -0.4 is 5.32 Å². The first-order valence-corrected chi connectivity index (χ1v) is 9.03. The van der Waals surface area contributed by atoms with E-state index in [2.05, 4.69) is 5.32 Å². The zero-order chi connectivity index (χ0) is 22.7. The molecule has 0 saturated carbocycles. The Morgan fingerprint density at radius 3 is 2.68 bits per heavy atom. The molecule has 158 valence electrons. The molecular formula is C20H15FN4O6. The minimum Gasteiger partial charge on any atom is -0.349 e. The van der Waals surface area contributed by atoms with Crippen LogP contribution in [0.1, 0.15) is 38.8 Å². The Balaban J connectivity index is 1.84. The molecule has 1 atom stereocenters. The van der Waals surface area contributed by atoms with Crippen LogP contribution in [0.2, 0.25) is 0 Å². The summed E-state index contributed by atoms with van der Waals surface area (Å²) in [6.07, 6.45) is -1.70. The molecule has 3 amide bonds. The highest BCUT2D eigenvalue weighted by Crippen LogP contribution is 2.27. The zero-order valence-electron chi connectivity index (χ0n) is 16.1. The summed E-state index contributed by atoms with van der Waals surface area (Å²) in [7, 11) is 0. The van der Waals surface area contributed by atoms with Crippen LogP contribution in [-0.4, -0.2) is 40.4 Å². The number of nitro benzene ring substituents is 1. The third kappa shape index (κ3) is 3.96. The topological polar surface area (TPSA) is 143 Å². The first-order valence-electron chi connectivity index (χ1n) is 9.03. The van der Waals surface area contributed by atoms with Gasteiger partial charge in [-0.1, -0.05) is 6.07 Å². The number of carbonyl (C=O) groups is 3. The first kappa shape index (κ1) is 21.5. The molecule has 1 unspecified atom stereocenters. The molecule has 3 rings (SSSR count). The minimum atomic E-state index is -1.70. The smallest absolute Gasteiger partial charge is 0.275 e. The highest BCUT2D eigenvalue weighted by Gasteiger charge is 2.45. The lowest BCUT2D eigenvalue weighted by Crippen LogP contribution is -2.51. The van der Waals surface area contributed by atoms with E-state index >= 15 is 0 Å². The molecular weight excluding hydrogens is 411 g/mol. The van der Waals surface area contributed by atoms with Crippen molar-refractivity contribution in [2.24, 2.45) is 0 Å². The van der Waals surface area contributed by atoms with Crippen molar-refractivity contribution in [3.8, 4) is 6.07 Å². The van der Waals surface area contributed by atoms with Gasteiger partial charge in [0.25, 0.3) is 23.4 Å². The molecule has 11 heteroatoms. The van der Waals surface area contributed by atoms with E-state index < -0.39 is 40.3 Å². The molecule has 1 aliphatic rings. The van der Waals surface area contributed by atoms with Crippen LogP contribution in [0.25, 0.3) is 0 Å². The molecule has 0 spiro atoms. The average Bonchev–Trinajstić information content (AvgIpc) is 3.01. The van der Waals surface area contributed by atoms with Crippen molar-refractivity contribution in [1.29, 1.82) is 5.26 Å². The third-order valence-corrected chi connectivity index (χ3v) is 4.54. The van der Waals surface area contributed by atoms with Crippen molar-refractivity contribution in [1.82, 2.24) is 10.2 Å². The fourth-order valence-corrected chi connectivity index (χ4v) is 3.12. The summed E-state index contributed by atoms with van der Waals surface area (Å²) in [4.78, 5) is 49.0. The second kappa shape index (κ2) is 8.68. The predicted octanol–water partition coefficient (Wildman–Crippen LogP) is 1.88. The van der Waals surface area contributed by atoms with Crippen LogP contribution in [0, 0.1) is 27.3 Å². The van der Waals surface area contributed by atoms with Gasteiger partial charge in [0.15, 0.2) is 0 Å². The van der Waals surface area contributed by atoms with Gasteiger partial charge in [0.2, 0.25) is 6.23 Å². The fraction of sp³-hybridized carbons (Fsp3) is 0.200. The van der Waals surface area contributed by atoms with E-state index in [4.69, 9.17) is 10.00 Å². The molecule has 1 N–H and O–H groups in total. The van der Waals surface area contributed by atoms with Gasteiger partial charge < -0.3 is 10.1 Å². The maximum Gasteiger partial charge on any atom is 0.275 e. The van der Waals surface area contributed by atoms with Crippen molar-refractivity contribution in [2.75, 3.05) is 6.61 Å². The van der Waals surface area contributed by atoms with Gasteiger partial charge in [-0.3, -0.25) is 24.5 Å². The normalized spacial score (nSPS) is 13.5. The van der Waals surface area contributed by atoms with E-state index in [0.717, 1.165) is 12.1 Å². The molecule has 0 fully saturated rings. The summed E-state index contributed by atoms with van der Waals surface area (Å²) in [5.41, 5.74) is -0.851. The molecule has 2 aromatic rings. The highest BCUT2D eigenvalue weighted by atomic mass is 19.1.